The van der Waals surface area contributed by atoms with Crippen LogP contribution in [0.1, 0.15) is 18.1 Å². The van der Waals surface area contributed by atoms with Gasteiger partial charge in [-0.05, 0) is 31.5 Å². The molecule has 1 amide bonds. The minimum Gasteiger partial charge on any atom is -0.481 e. The van der Waals surface area contributed by atoms with Crippen LogP contribution in [0.15, 0.2) is 60.7 Å². The highest BCUT2D eigenvalue weighted by Crippen LogP contribution is 2.15. The topological polar surface area (TPSA) is 32.8 Å². The van der Waals surface area contributed by atoms with Gasteiger partial charge in [0.1, 0.15) is 5.75 Å². The van der Waals surface area contributed by atoms with Crippen molar-refractivity contribution >= 4 is 12.0 Å². The van der Waals surface area contributed by atoms with Crippen molar-refractivity contribution in [2.75, 3.05) is 32.7 Å². The summed E-state index contributed by atoms with van der Waals surface area (Å²) in [6.45, 7) is 8.06. The summed E-state index contributed by atoms with van der Waals surface area (Å²) < 4.78 is 5.81. The van der Waals surface area contributed by atoms with Crippen molar-refractivity contribution in [3.05, 3.63) is 71.8 Å². The number of carbonyl (C=O) groups excluding carboxylic acids is 1. The molecule has 4 heteroatoms. The Morgan fingerprint density at radius 1 is 1.04 bits per heavy atom. The lowest BCUT2D eigenvalue weighted by Crippen LogP contribution is -2.51. The van der Waals surface area contributed by atoms with Crippen molar-refractivity contribution in [3.8, 4) is 5.75 Å². The van der Waals surface area contributed by atoms with Crippen LogP contribution >= 0.6 is 0 Å². The Balaban J connectivity index is 1.43. The lowest BCUT2D eigenvalue weighted by Gasteiger charge is -2.35. The molecule has 3 rings (SSSR count). The van der Waals surface area contributed by atoms with Gasteiger partial charge in [-0.2, -0.15) is 0 Å². The second kappa shape index (κ2) is 9.38. The van der Waals surface area contributed by atoms with Gasteiger partial charge < -0.3 is 9.64 Å². The quantitative estimate of drug-likeness (QED) is 0.785. The van der Waals surface area contributed by atoms with E-state index in [1.807, 2.05) is 61.2 Å². The van der Waals surface area contributed by atoms with Crippen molar-refractivity contribution < 1.29 is 9.53 Å². The summed E-state index contributed by atoms with van der Waals surface area (Å²) in [6.07, 6.45) is 3.88. The maximum absolute atomic E-state index is 12.6. The van der Waals surface area contributed by atoms with Gasteiger partial charge in [-0.3, -0.25) is 9.69 Å². The molecule has 1 atom stereocenters. The summed E-state index contributed by atoms with van der Waals surface area (Å²) in [4.78, 5) is 16.9. The molecule has 1 aliphatic heterocycles. The van der Waals surface area contributed by atoms with E-state index < -0.39 is 6.10 Å². The third-order valence-corrected chi connectivity index (χ3v) is 4.84. The zero-order valence-electron chi connectivity index (χ0n) is 16.2. The van der Waals surface area contributed by atoms with Crippen LogP contribution in [0.3, 0.4) is 0 Å². The van der Waals surface area contributed by atoms with Gasteiger partial charge in [0.15, 0.2) is 6.10 Å². The first kappa shape index (κ1) is 19.2. The van der Waals surface area contributed by atoms with E-state index in [0.29, 0.717) is 0 Å². The van der Waals surface area contributed by atoms with Crippen molar-refractivity contribution in [3.63, 3.8) is 0 Å². The van der Waals surface area contributed by atoms with E-state index in [0.717, 1.165) is 38.5 Å². The predicted octanol–water partition coefficient (Wildman–Crippen LogP) is 3.62. The van der Waals surface area contributed by atoms with Gasteiger partial charge in [0.05, 0.1) is 0 Å². The Labute approximate surface area is 162 Å². The van der Waals surface area contributed by atoms with Gasteiger partial charge in [0.2, 0.25) is 0 Å². The largest absolute Gasteiger partial charge is 0.481 e. The first-order valence-corrected chi connectivity index (χ1v) is 9.58. The molecule has 0 spiro atoms. The summed E-state index contributed by atoms with van der Waals surface area (Å²) in [5.41, 5.74) is 2.40. The van der Waals surface area contributed by atoms with E-state index >= 15 is 0 Å². The fraction of sp³-hybridized carbons (Fsp3) is 0.348. The monoisotopic (exact) mass is 364 g/mol. The molecule has 0 unspecified atom stereocenters. The van der Waals surface area contributed by atoms with Crippen LogP contribution in [0.2, 0.25) is 0 Å². The number of aryl methyl sites for hydroxylation is 1. The highest BCUT2D eigenvalue weighted by atomic mass is 16.5. The second-order valence-corrected chi connectivity index (χ2v) is 7.01. The summed E-state index contributed by atoms with van der Waals surface area (Å²) in [6, 6.07) is 18.1. The molecule has 4 nitrogen and oxygen atoms in total. The molecular formula is C23H28N2O2. The highest BCUT2D eigenvalue weighted by Gasteiger charge is 2.25. The second-order valence-electron chi connectivity index (χ2n) is 7.01. The zero-order chi connectivity index (χ0) is 19.1. The third kappa shape index (κ3) is 5.69. The van der Waals surface area contributed by atoms with Crippen LogP contribution in [0, 0.1) is 6.92 Å². The molecule has 1 heterocycles. The van der Waals surface area contributed by atoms with Gasteiger partial charge in [-0.25, -0.2) is 0 Å². The van der Waals surface area contributed by atoms with E-state index in [9.17, 15) is 4.79 Å². The number of rotatable bonds is 6. The van der Waals surface area contributed by atoms with Crippen LogP contribution in [0.5, 0.6) is 5.75 Å². The van der Waals surface area contributed by atoms with E-state index in [4.69, 9.17) is 4.74 Å². The average molecular weight is 364 g/mol. The van der Waals surface area contributed by atoms with Crippen LogP contribution in [-0.2, 0) is 4.79 Å². The fourth-order valence-electron chi connectivity index (χ4n) is 3.18. The van der Waals surface area contributed by atoms with Gasteiger partial charge >= 0.3 is 0 Å². The van der Waals surface area contributed by atoms with Gasteiger partial charge in [0.25, 0.3) is 5.91 Å². The summed E-state index contributed by atoms with van der Waals surface area (Å²) >= 11 is 0. The third-order valence-electron chi connectivity index (χ3n) is 4.84. The lowest BCUT2D eigenvalue weighted by molar-refractivity contribution is -0.139. The van der Waals surface area contributed by atoms with Crippen molar-refractivity contribution in [2.45, 2.75) is 20.0 Å². The molecule has 2 aromatic carbocycles. The van der Waals surface area contributed by atoms with E-state index in [1.165, 1.54) is 11.1 Å². The smallest absolute Gasteiger partial charge is 0.263 e. The number of ether oxygens (including phenoxy) is 1. The van der Waals surface area contributed by atoms with Crippen LogP contribution < -0.4 is 4.74 Å². The molecular weight excluding hydrogens is 336 g/mol. The number of carbonyl (C=O) groups is 1. The molecule has 1 aliphatic rings. The molecule has 1 fully saturated rings. The molecule has 0 bridgehead atoms. The Hall–Kier alpha value is -2.59. The van der Waals surface area contributed by atoms with Crippen LogP contribution in [0.4, 0.5) is 0 Å². The average Bonchev–Trinajstić information content (AvgIpc) is 2.70. The SMILES string of the molecule is Cc1ccc(O[C@H](C)C(=O)N2CCN(C/C=C/c3ccccc3)CC2)cc1. The lowest BCUT2D eigenvalue weighted by atomic mass is 10.2. The first-order valence-electron chi connectivity index (χ1n) is 9.58. The van der Waals surface area contributed by atoms with Crippen LogP contribution in [-0.4, -0.2) is 54.5 Å². The predicted molar refractivity (Wildman–Crippen MR) is 110 cm³/mol. The standard InChI is InChI=1S/C23H28N2O2/c1-19-10-12-22(13-11-19)27-20(2)23(26)25-17-15-24(16-18-25)14-6-9-21-7-4-3-5-8-21/h3-13,20H,14-18H2,1-2H3/b9-6+/t20-/m1/s1. The van der Waals surface area contributed by atoms with Gasteiger partial charge in [-0.1, -0.05) is 60.2 Å². The summed E-state index contributed by atoms with van der Waals surface area (Å²) in [7, 11) is 0. The van der Waals surface area contributed by atoms with E-state index in [2.05, 4.69) is 29.2 Å². The minimum atomic E-state index is -0.461. The van der Waals surface area contributed by atoms with E-state index in [-0.39, 0.29) is 5.91 Å². The maximum Gasteiger partial charge on any atom is 0.263 e. The number of nitrogens with zero attached hydrogens (tertiary/aromatic N) is 2. The number of piperazine rings is 1. The molecule has 0 N–H and O–H groups in total. The molecule has 0 saturated carbocycles. The molecule has 0 radical (unpaired) electrons. The number of hydrogen-bond acceptors (Lipinski definition) is 3. The summed E-state index contributed by atoms with van der Waals surface area (Å²) in [5, 5.41) is 0. The number of hydrogen-bond donors (Lipinski definition) is 0. The van der Waals surface area contributed by atoms with Crippen LogP contribution in [0.25, 0.3) is 6.08 Å². The molecule has 1 saturated heterocycles. The molecule has 0 aromatic heterocycles. The maximum atomic E-state index is 12.6. The first-order chi connectivity index (χ1) is 13.1. The normalized spacial score (nSPS) is 16.4. The Morgan fingerprint density at radius 2 is 1.70 bits per heavy atom. The molecule has 2 aromatic rings. The fourth-order valence-corrected chi connectivity index (χ4v) is 3.18. The molecule has 0 aliphatic carbocycles. The Bertz CT molecular complexity index is 748. The highest BCUT2D eigenvalue weighted by molar-refractivity contribution is 5.81. The van der Waals surface area contributed by atoms with Crippen molar-refractivity contribution in [1.29, 1.82) is 0 Å². The molecule has 27 heavy (non-hydrogen) atoms. The number of amides is 1. The van der Waals surface area contributed by atoms with E-state index in [1.54, 1.807) is 0 Å². The molecule has 142 valence electrons. The number of benzene rings is 2. The Morgan fingerprint density at radius 3 is 2.37 bits per heavy atom. The zero-order valence-corrected chi connectivity index (χ0v) is 16.2. The van der Waals surface area contributed by atoms with Crippen molar-refractivity contribution in [1.82, 2.24) is 9.80 Å². The van der Waals surface area contributed by atoms with Crippen molar-refractivity contribution in [2.24, 2.45) is 0 Å². The minimum absolute atomic E-state index is 0.0649. The Kier molecular flexibility index (Phi) is 6.66. The van der Waals surface area contributed by atoms with Gasteiger partial charge in [0, 0.05) is 32.7 Å². The van der Waals surface area contributed by atoms with Gasteiger partial charge in [-0.15, -0.1) is 0 Å². The summed E-state index contributed by atoms with van der Waals surface area (Å²) in [5.74, 6) is 0.807.